The van der Waals surface area contributed by atoms with E-state index in [4.69, 9.17) is 16.0 Å². The summed E-state index contributed by atoms with van der Waals surface area (Å²) in [4.78, 5) is 19.5. The molecule has 6 nitrogen and oxygen atoms in total. The van der Waals surface area contributed by atoms with Crippen molar-refractivity contribution >= 4 is 17.5 Å². The molecule has 0 aliphatic carbocycles. The number of nitrogens with zero attached hydrogens (tertiary/aromatic N) is 4. The van der Waals surface area contributed by atoms with Crippen LogP contribution in [0.15, 0.2) is 40.9 Å². The van der Waals surface area contributed by atoms with Crippen LogP contribution in [0.5, 0.6) is 0 Å². The molecule has 1 aromatic carbocycles. The van der Waals surface area contributed by atoms with Crippen LogP contribution < -0.4 is 0 Å². The number of halogens is 1. The Morgan fingerprint density at radius 2 is 2.13 bits per heavy atom. The molecule has 1 unspecified atom stereocenters. The van der Waals surface area contributed by atoms with Gasteiger partial charge in [0.25, 0.3) is 5.91 Å². The Morgan fingerprint density at radius 3 is 2.87 bits per heavy atom. The van der Waals surface area contributed by atoms with Gasteiger partial charge in [-0.1, -0.05) is 43.6 Å². The fourth-order valence-corrected chi connectivity index (χ4v) is 4.12. The van der Waals surface area contributed by atoms with Gasteiger partial charge in [-0.15, -0.1) is 0 Å². The van der Waals surface area contributed by atoms with Crippen LogP contribution in [0.25, 0.3) is 0 Å². The molecule has 7 heteroatoms. The van der Waals surface area contributed by atoms with Crippen LogP contribution in [0.4, 0.5) is 0 Å². The van der Waals surface area contributed by atoms with Gasteiger partial charge in [0, 0.05) is 31.6 Å². The van der Waals surface area contributed by atoms with Crippen LogP contribution in [-0.4, -0.2) is 38.7 Å². The molecule has 1 aliphatic heterocycles. The largest absolute Gasteiger partial charge is 0.445 e. The van der Waals surface area contributed by atoms with Gasteiger partial charge < -0.3 is 9.32 Å². The fraction of sp³-hybridized carbons (Fsp3) is 0.435. The Balaban J connectivity index is 1.46. The molecule has 0 saturated carbocycles. The zero-order valence-corrected chi connectivity index (χ0v) is 18.4. The monoisotopic (exact) mass is 426 g/mol. The van der Waals surface area contributed by atoms with Crippen molar-refractivity contribution in [2.45, 2.75) is 44.9 Å². The second-order valence-electron chi connectivity index (χ2n) is 8.26. The predicted molar refractivity (Wildman–Crippen MR) is 116 cm³/mol. The van der Waals surface area contributed by atoms with E-state index >= 15 is 0 Å². The number of likely N-dealkylation sites (tertiary alicyclic amines) is 1. The average Bonchev–Trinajstić information content (AvgIpc) is 3.36. The first-order chi connectivity index (χ1) is 14.4. The Kier molecular flexibility index (Phi) is 5.95. The summed E-state index contributed by atoms with van der Waals surface area (Å²) in [5, 5.41) is 5.20. The molecule has 1 amide bonds. The van der Waals surface area contributed by atoms with Crippen molar-refractivity contribution in [3.05, 3.63) is 70.2 Å². The van der Waals surface area contributed by atoms with Gasteiger partial charge in [-0.05, 0) is 36.5 Å². The van der Waals surface area contributed by atoms with Gasteiger partial charge >= 0.3 is 0 Å². The van der Waals surface area contributed by atoms with Crippen molar-refractivity contribution in [1.29, 1.82) is 0 Å². The van der Waals surface area contributed by atoms with Crippen molar-refractivity contribution in [2.24, 2.45) is 7.05 Å². The molecule has 1 fully saturated rings. The third-order valence-electron chi connectivity index (χ3n) is 5.66. The van der Waals surface area contributed by atoms with E-state index in [0.717, 1.165) is 41.4 Å². The SMILES string of the molecule is CC(C)c1cc(C(=O)N2CCCC(c3ncc(Cc4ccccc4Cl)o3)C2)n(C)n1. The molecule has 158 valence electrons. The lowest BCUT2D eigenvalue weighted by atomic mass is 9.97. The van der Waals surface area contributed by atoms with E-state index in [-0.39, 0.29) is 17.7 Å². The summed E-state index contributed by atoms with van der Waals surface area (Å²) in [6.45, 7) is 5.50. The number of carbonyl (C=O) groups excluding carboxylic acids is 1. The van der Waals surface area contributed by atoms with E-state index in [9.17, 15) is 4.79 Å². The van der Waals surface area contributed by atoms with Gasteiger partial charge in [0.2, 0.25) is 0 Å². The molecule has 0 radical (unpaired) electrons. The van der Waals surface area contributed by atoms with E-state index < -0.39 is 0 Å². The number of amides is 1. The smallest absolute Gasteiger partial charge is 0.272 e. The minimum Gasteiger partial charge on any atom is -0.445 e. The number of aryl methyl sites for hydroxylation is 1. The summed E-state index contributed by atoms with van der Waals surface area (Å²) in [6.07, 6.45) is 4.26. The third-order valence-corrected chi connectivity index (χ3v) is 6.03. The Bertz CT molecular complexity index is 1040. The highest BCUT2D eigenvalue weighted by atomic mass is 35.5. The van der Waals surface area contributed by atoms with Crippen LogP contribution in [-0.2, 0) is 13.5 Å². The minimum absolute atomic E-state index is 0.0180. The zero-order chi connectivity index (χ0) is 21.3. The molecule has 0 spiro atoms. The summed E-state index contributed by atoms with van der Waals surface area (Å²) in [5.41, 5.74) is 2.58. The maximum atomic E-state index is 13.1. The summed E-state index contributed by atoms with van der Waals surface area (Å²) in [7, 11) is 1.83. The fourth-order valence-electron chi connectivity index (χ4n) is 3.92. The maximum absolute atomic E-state index is 13.1. The van der Waals surface area contributed by atoms with E-state index in [1.807, 2.05) is 42.3 Å². The van der Waals surface area contributed by atoms with E-state index in [1.54, 1.807) is 10.9 Å². The predicted octanol–water partition coefficient (Wildman–Crippen LogP) is 4.80. The average molecular weight is 427 g/mol. The van der Waals surface area contributed by atoms with E-state index in [1.165, 1.54) is 0 Å². The molecule has 2 aromatic heterocycles. The summed E-state index contributed by atoms with van der Waals surface area (Å²) < 4.78 is 7.74. The van der Waals surface area contributed by atoms with Gasteiger partial charge in [0.05, 0.1) is 17.8 Å². The summed E-state index contributed by atoms with van der Waals surface area (Å²) in [5.74, 6) is 1.89. The van der Waals surface area contributed by atoms with Crippen molar-refractivity contribution in [3.8, 4) is 0 Å². The molecular weight excluding hydrogens is 400 g/mol. The van der Waals surface area contributed by atoms with E-state index in [2.05, 4.69) is 23.9 Å². The lowest BCUT2D eigenvalue weighted by Crippen LogP contribution is -2.40. The number of carbonyl (C=O) groups is 1. The molecule has 0 bridgehead atoms. The molecule has 1 saturated heterocycles. The number of hydrogen-bond donors (Lipinski definition) is 0. The van der Waals surface area contributed by atoms with Crippen molar-refractivity contribution < 1.29 is 9.21 Å². The molecule has 4 rings (SSSR count). The van der Waals surface area contributed by atoms with Gasteiger partial charge in [0.1, 0.15) is 11.5 Å². The number of oxazole rings is 1. The first-order valence-corrected chi connectivity index (χ1v) is 10.8. The number of rotatable bonds is 5. The van der Waals surface area contributed by atoms with Gasteiger partial charge in [-0.25, -0.2) is 4.98 Å². The van der Waals surface area contributed by atoms with Crippen molar-refractivity contribution in [1.82, 2.24) is 19.7 Å². The lowest BCUT2D eigenvalue weighted by molar-refractivity contribution is 0.0686. The summed E-state index contributed by atoms with van der Waals surface area (Å²) >= 11 is 6.26. The molecule has 30 heavy (non-hydrogen) atoms. The third kappa shape index (κ3) is 4.29. The zero-order valence-electron chi connectivity index (χ0n) is 17.6. The first-order valence-electron chi connectivity index (χ1n) is 10.4. The number of hydrogen-bond acceptors (Lipinski definition) is 4. The molecule has 1 aliphatic rings. The Hall–Kier alpha value is -2.60. The van der Waals surface area contributed by atoms with Gasteiger partial charge in [-0.3, -0.25) is 9.48 Å². The first kappa shape index (κ1) is 20.7. The topological polar surface area (TPSA) is 64.2 Å². The summed E-state index contributed by atoms with van der Waals surface area (Å²) in [6, 6.07) is 9.65. The second kappa shape index (κ2) is 8.64. The van der Waals surface area contributed by atoms with Crippen LogP contribution in [0.3, 0.4) is 0 Å². The second-order valence-corrected chi connectivity index (χ2v) is 8.66. The highest BCUT2D eigenvalue weighted by Crippen LogP contribution is 2.29. The van der Waals surface area contributed by atoms with E-state index in [0.29, 0.717) is 24.6 Å². The molecule has 3 heterocycles. The highest BCUT2D eigenvalue weighted by molar-refractivity contribution is 6.31. The quantitative estimate of drug-likeness (QED) is 0.588. The van der Waals surface area contributed by atoms with Crippen molar-refractivity contribution in [2.75, 3.05) is 13.1 Å². The lowest BCUT2D eigenvalue weighted by Gasteiger charge is -2.31. The molecular formula is C23H27ClN4O2. The van der Waals surface area contributed by atoms with Gasteiger partial charge in [0.15, 0.2) is 5.89 Å². The number of benzene rings is 1. The number of aromatic nitrogens is 3. The minimum atomic E-state index is 0.0180. The van der Waals surface area contributed by atoms with Crippen molar-refractivity contribution in [3.63, 3.8) is 0 Å². The highest BCUT2D eigenvalue weighted by Gasteiger charge is 2.30. The molecule has 3 aromatic rings. The standard InChI is InChI=1S/C23H27ClN4O2/c1-15(2)20-12-21(27(3)26-20)23(29)28-10-6-8-17(14-28)22-25-13-18(30-22)11-16-7-4-5-9-19(16)24/h4-5,7,9,12-13,15,17H,6,8,10-11,14H2,1-3H3. The van der Waals surface area contributed by atoms with Crippen LogP contribution in [0.2, 0.25) is 5.02 Å². The van der Waals surface area contributed by atoms with Crippen LogP contribution in [0.1, 0.15) is 71.9 Å². The number of piperidine rings is 1. The Labute approximate surface area is 181 Å². The van der Waals surface area contributed by atoms with Gasteiger partial charge in [-0.2, -0.15) is 5.10 Å². The van der Waals surface area contributed by atoms with Crippen LogP contribution >= 0.6 is 11.6 Å². The maximum Gasteiger partial charge on any atom is 0.272 e. The molecule has 1 atom stereocenters. The Morgan fingerprint density at radius 1 is 1.33 bits per heavy atom. The normalized spacial score (nSPS) is 17.0. The van der Waals surface area contributed by atoms with Crippen LogP contribution in [0, 0.1) is 0 Å². The molecule has 0 N–H and O–H groups in total.